The lowest BCUT2D eigenvalue weighted by molar-refractivity contribution is -0.384. The van der Waals surface area contributed by atoms with Crippen LogP contribution < -0.4 is 9.64 Å². The van der Waals surface area contributed by atoms with Crippen LogP contribution in [0.3, 0.4) is 0 Å². The average molecular weight is 378 g/mol. The van der Waals surface area contributed by atoms with Crippen molar-refractivity contribution in [1.29, 1.82) is 0 Å². The van der Waals surface area contributed by atoms with Crippen LogP contribution >= 0.6 is 0 Å². The minimum Gasteiger partial charge on any atom is -0.494 e. The minimum atomic E-state index is -0.414. The van der Waals surface area contributed by atoms with Gasteiger partial charge >= 0.3 is 0 Å². The lowest BCUT2D eigenvalue weighted by Crippen LogP contribution is -2.23. The largest absolute Gasteiger partial charge is 0.494 e. The van der Waals surface area contributed by atoms with Crippen LogP contribution in [0.4, 0.5) is 11.5 Å². The van der Waals surface area contributed by atoms with Crippen LogP contribution in [0, 0.1) is 10.1 Å². The van der Waals surface area contributed by atoms with Crippen LogP contribution in [0.25, 0.3) is 23.1 Å². The molecule has 1 aromatic heterocycles. The Labute approximate surface area is 163 Å². The molecule has 0 saturated heterocycles. The SMILES string of the molecule is CCN(CC)c1nc(/C=C/c2ccc([N+](=O)[O-])cc2)nc2c(OC)cccc12. The molecule has 0 aliphatic carbocycles. The van der Waals surface area contributed by atoms with E-state index in [2.05, 4.69) is 23.7 Å². The van der Waals surface area contributed by atoms with Gasteiger partial charge in [-0.25, -0.2) is 9.97 Å². The van der Waals surface area contributed by atoms with Crippen LogP contribution in [0.1, 0.15) is 25.2 Å². The predicted octanol–water partition coefficient (Wildman–Crippen LogP) is 4.56. The fourth-order valence-corrected chi connectivity index (χ4v) is 3.01. The summed E-state index contributed by atoms with van der Waals surface area (Å²) in [7, 11) is 1.63. The van der Waals surface area contributed by atoms with E-state index in [9.17, 15) is 10.1 Å². The number of nitro benzene ring substituents is 1. The monoisotopic (exact) mass is 378 g/mol. The molecule has 0 atom stereocenters. The Morgan fingerprint density at radius 1 is 1.07 bits per heavy atom. The van der Waals surface area contributed by atoms with Crippen molar-refractivity contribution in [2.24, 2.45) is 0 Å². The van der Waals surface area contributed by atoms with Crippen LogP contribution in [-0.4, -0.2) is 35.1 Å². The molecule has 0 aliphatic heterocycles. The van der Waals surface area contributed by atoms with Gasteiger partial charge in [-0.3, -0.25) is 10.1 Å². The second-order valence-corrected chi connectivity index (χ2v) is 6.12. The molecule has 0 spiro atoms. The molecule has 0 fully saturated rings. The fourth-order valence-electron chi connectivity index (χ4n) is 3.01. The highest BCUT2D eigenvalue weighted by atomic mass is 16.6. The minimum absolute atomic E-state index is 0.0626. The molecule has 0 radical (unpaired) electrons. The molecule has 3 rings (SSSR count). The van der Waals surface area contributed by atoms with E-state index < -0.39 is 4.92 Å². The molecule has 2 aromatic carbocycles. The molecule has 3 aromatic rings. The highest BCUT2D eigenvalue weighted by Crippen LogP contribution is 2.30. The third-order valence-corrected chi connectivity index (χ3v) is 4.50. The van der Waals surface area contributed by atoms with E-state index in [1.54, 1.807) is 25.3 Å². The highest BCUT2D eigenvalue weighted by molar-refractivity contribution is 5.94. The second kappa shape index (κ2) is 8.47. The Balaban J connectivity index is 2.06. The van der Waals surface area contributed by atoms with E-state index in [0.29, 0.717) is 11.6 Å². The number of methoxy groups -OCH3 is 1. The van der Waals surface area contributed by atoms with Gasteiger partial charge in [0.1, 0.15) is 17.1 Å². The summed E-state index contributed by atoms with van der Waals surface area (Å²) in [6, 6.07) is 12.2. The van der Waals surface area contributed by atoms with Crippen LogP contribution in [-0.2, 0) is 0 Å². The number of nitrogens with zero attached hydrogens (tertiary/aromatic N) is 4. The van der Waals surface area contributed by atoms with Gasteiger partial charge in [-0.2, -0.15) is 0 Å². The Morgan fingerprint density at radius 2 is 1.79 bits per heavy atom. The topological polar surface area (TPSA) is 81.4 Å². The number of ether oxygens (including phenoxy) is 1. The summed E-state index contributed by atoms with van der Waals surface area (Å²) in [5.74, 6) is 2.10. The van der Waals surface area contributed by atoms with Crippen molar-refractivity contribution in [3.8, 4) is 5.75 Å². The van der Waals surface area contributed by atoms with E-state index >= 15 is 0 Å². The molecule has 7 nitrogen and oxygen atoms in total. The van der Waals surface area contributed by atoms with Crippen molar-refractivity contribution in [1.82, 2.24) is 9.97 Å². The maximum atomic E-state index is 10.8. The summed E-state index contributed by atoms with van der Waals surface area (Å²) >= 11 is 0. The lowest BCUT2D eigenvalue weighted by atomic mass is 10.2. The van der Waals surface area contributed by atoms with Crippen molar-refractivity contribution in [3.63, 3.8) is 0 Å². The van der Waals surface area contributed by atoms with Crippen molar-refractivity contribution >= 4 is 34.6 Å². The summed E-state index contributed by atoms with van der Waals surface area (Å²) in [5, 5.41) is 11.7. The molecular formula is C21H22N4O3. The number of rotatable bonds is 7. The summed E-state index contributed by atoms with van der Waals surface area (Å²) in [5.41, 5.74) is 1.65. The molecule has 144 valence electrons. The Hall–Kier alpha value is -3.48. The van der Waals surface area contributed by atoms with E-state index in [0.717, 1.165) is 35.4 Å². The zero-order valence-corrected chi connectivity index (χ0v) is 16.1. The molecule has 0 N–H and O–H groups in total. The van der Waals surface area contributed by atoms with Crippen LogP contribution in [0.5, 0.6) is 5.75 Å². The van der Waals surface area contributed by atoms with Gasteiger partial charge in [-0.15, -0.1) is 0 Å². The Morgan fingerprint density at radius 3 is 2.39 bits per heavy atom. The summed E-state index contributed by atoms with van der Waals surface area (Å²) in [4.78, 5) is 21.9. The smallest absolute Gasteiger partial charge is 0.269 e. The van der Waals surface area contributed by atoms with Gasteiger partial charge < -0.3 is 9.64 Å². The number of nitro groups is 1. The molecule has 0 aliphatic rings. The number of benzene rings is 2. The van der Waals surface area contributed by atoms with Crippen molar-refractivity contribution < 1.29 is 9.66 Å². The lowest BCUT2D eigenvalue weighted by Gasteiger charge is -2.22. The molecule has 7 heteroatoms. The van der Waals surface area contributed by atoms with Gasteiger partial charge in [0.05, 0.1) is 12.0 Å². The molecule has 28 heavy (non-hydrogen) atoms. The first kappa shape index (κ1) is 19.3. The molecule has 1 heterocycles. The molecule has 0 unspecified atom stereocenters. The van der Waals surface area contributed by atoms with E-state index in [-0.39, 0.29) is 5.69 Å². The molecular weight excluding hydrogens is 356 g/mol. The van der Waals surface area contributed by atoms with Crippen LogP contribution in [0.2, 0.25) is 0 Å². The van der Waals surface area contributed by atoms with Crippen molar-refractivity contribution in [3.05, 3.63) is 64.0 Å². The quantitative estimate of drug-likeness (QED) is 0.443. The maximum absolute atomic E-state index is 10.8. The number of non-ortho nitro benzene ring substituents is 1. The first-order valence-corrected chi connectivity index (χ1v) is 9.09. The fraction of sp³-hybridized carbons (Fsp3) is 0.238. The van der Waals surface area contributed by atoms with Crippen molar-refractivity contribution in [2.75, 3.05) is 25.1 Å². The number of fused-ring (bicyclic) bond motifs is 1. The molecule has 0 bridgehead atoms. The first-order chi connectivity index (χ1) is 13.6. The van der Waals surface area contributed by atoms with Gasteiger partial charge in [0, 0.05) is 30.6 Å². The zero-order valence-electron chi connectivity index (χ0n) is 16.1. The number of para-hydroxylation sites is 1. The maximum Gasteiger partial charge on any atom is 0.269 e. The molecule has 0 amide bonds. The number of anilines is 1. The second-order valence-electron chi connectivity index (χ2n) is 6.12. The van der Waals surface area contributed by atoms with E-state index in [4.69, 9.17) is 9.72 Å². The third kappa shape index (κ3) is 3.93. The van der Waals surface area contributed by atoms with Gasteiger partial charge in [-0.05, 0) is 49.8 Å². The predicted molar refractivity (Wildman–Crippen MR) is 112 cm³/mol. The number of hydrogen-bond acceptors (Lipinski definition) is 6. The summed E-state index contributed by atoms with van der Waals surface area (Å²) < 4.78 is 5.49. The van der Waals surface area contributed by atoms with Gasteiger partial charge in [-0.1, -0.05) is 12.1 Å². The van der Waals surface area contributed by atoms with E-state index in [1.165, 1.54) is 12.1 Å². The van der Waals surface area contributed by atoms with Gasteiger partial charge in [0.25, 0.3) is 5.69 Å². The van der Waals surface area contributed by atoms with Crippen molar-refractivity contribution in [2.45, 2.75) is 13.8 Å². The third-order valence-electron chi connectivity index (χ3n) is 4.50. The summed E-state index contributed by atoms with van der Waals surface area (Å²) in [6.45, 7) is 5.82. The number of aromatic nitrogens is 2. The Bertz CT molecular complexity index is 1010. The average Bonchev–Trinajstić information content (AvgIpc) is 2.73. The Kier molecular flexibility index (Phi) is 5.84. The standard InChI is InChI=1S/C21H22N4O3/c1-4-24(5-2)21-17-7-6-8-18(28-3)20(17)22-19(23-21)14-11-15-9-12-16(13-10-15)25(26)27/h6-14H,4-5H2,1-3H3/b14-11+. The van der Waals surface area contributed by atoms with Crippen LogP contribution in [0.15, 0.2) is 42.5 Å². The normalized spacial score (nSPS) is 11.1. The molecule has 0 saturated carbocycles. The zero-order chi connectivity index (χ0) is 20.1. The highest BCUT2D eigenvalue weighted by Gasteiger charge is 2.14. The van der Waals surface area contributed by atoms with Gasteiger partial charge in [0.15, 0.2) is 5.82 Å². The summed E-state index contributed by atoms with van der Waals surface area (Å²) in [6.07, 6.45) is 3.65. The van der Waals surface area contributed by atoms with Gasteiger partial charge in [0.2, 0.25) is 0 Å². The first-order valence-electron chi connectivity index (χ1n) is 9.09. The van der Waals surface area contributed by atoms with E-state index in [1.807, 2.05) is 24.3 Å². The number of hydrogen-bond donors (Lipinski definition) is 0.